The first-order valence-corrected chi connectivity index (χ1v) is 17.5. The van der Waals surface area contributed by atoms with Crippen LogP contribution in [0.2, 0.25) is 5.02 Å². The number of aromatic hydroxyl groups is 1. The van der Waals surface area contributed by atoms with E-state index in [1.807, 2.05) is 49.9 Å². The van der Waals surface area contributed by atoms with E-state index in [2.05, 4.69) is 14.8 Å². The van der Waals surface area contributed by atoms with Crippen LogP contribution in [0.1, 0.15) is 52.9 Å². The van der Waals surface area contributed by atoms with Crippen LogP contribution < -0.4 is 9.64 Å². The summed E-state index contributed by atoms with van der Waals surface area (Å²) in [6.45, 7) is 7.87. The van der Waals surface area contributed by atoms with Gasteiger partial charge in [-0.1, -0.05) is 35.9 Å². The summed E-state index contributed by atoms with van der Waals surface area (Å²) in [6.07, 6.45) is 2.49. The molecule has 8 rings (SSSR count). The molecule has 4 saturated heterocycles. The van der Waals surface area contributed by atoms with Crippen molar-refractivity contribution in [3.63, 3.8) is 0 Å². The van der Waals surface area contributed by atoms with Crippen LogP contribution in [0, 0.1) is 5.82 Å². The fourth-order valence-electron chi connectivity index (χ4n) is 8.55. The number of phenolic OH excluding ortho intramolecular Hbond substituents is 1. The van der Waals surface area contributed by atoms with E-state index >= 15 is 4.39 Å². The minimum Gasteiger partial charge on any atom is -0.508 e. The molecule has 258 valence electrons. The zero-order valence-electron chi connectivity index (χ0n) is 27.9. The summed E-state index contributed by atoms with van der Waals surface area (Å²) < 4.78 is 43.7. The Morgan fingerprint density at radius 1 is 1.08 bits per heavy atom. The van der Waals surface area contributed by atoms with E-state index < -0.39 is 23.1 Å². The molecule has 12 heteroatoms. The third-order valence-corrected chi connectivity index (χ3v) is 10.9. The molecule has 3 aromatic carbocycles. The molecule has 4 aliphatic rings. The third-order valence-electron chi connectivity index (χ3n) is 10.6. The largest absolute Gasteiger partial charge is 0.508 e. The van der Waals surface area contributed by atoms with Crippen LogP contribution in [0.25, 0.3) is 32.8 Å². The standard InChI is InChI=1S/C37H40ClF2N5O4/c1-36(2,3)49-35(47)45-23-9-10-24(45)19-43(18-23)33-28-15-29(38)30(27-14-25(46)13-21-7-4-5-8-26(21)27)31(40)32(28)41-34(42-33)48-20-37-11-6-12-44(37)17-22(39)16-37/h4-5,7-8,13-15,22-24,46H,6,9-12,16-20H2,1-3H3/t22-,23?,24?,37+/m0/s1. The Balaban J connectivity index is 1.22. The number of nitrogens with zero attached hydrogens (tertiary/aromatic N) is 5. The molecule has 2 bridgehead atoms. The van der Waals surface area contributed by atoms with Gasteiger partial charge in [-0.05, 0) is 87.5 Å². The van der Waals surface area contributed by atoms with Crippen LogP contribution in [0.4, 0.5) is 19.4 Å². The van der Waals surface area contributed by atoms with E-state index in [1.165, 1.54) is 6.07 Å². The number of hydrogen-bond donors (Lipinski definition) is 1. The topological polar surface area (TPSA) is 91.3 Å². The van der Waals surface area contributed by atoms with Crippen LogP contribution in [-0.4, -0.2) is 93.1 Å². The second kappa shape index (κ2) is 11.8. The van der Waals surface area contributed by atoms with Gasteiger partial charge in [0.25, 0.3) is 0 Å². The van der Waals surface area contributed by atoms with Gasteiger partial charge in [0, 0.05) is 37.0 Å². The molecular weight excluding hydrogens is 652 g/mol. The number of ether oxygens (including phenoxy) is 2. The molecule has 0 spiro atoms. The van der Waals surface area contributed by atoms with Crippen LogP contribution in [0.3, 0.4) is 0 Å². The quantitative estimate of drug-likeness (QED) is 0.230. The number of fused-ring (bicyclic) bond motifs is 5. The summed E-state index contributed by atoms with van der Waals surface area (Å²) in [5.74, 6) is -0.213. The van der Waals surface area contributed by atoms with E-state index in [1.54, 1.807) is 12.1 Å². The number of carbonyl (C=O) groups excluding carboxylic acids is 1. The highest BCUT2D eigenvalue weighted by Gasteiger charge is 2.50. The highest BCUT2D eigenvalue weighted by atomic mass is 35.5. The zero-order valence-corrected chi connectivity index (χ0v) is 28.6. The molecule has 9 nitrogen and oxygen atoms in total. The maximum absolute atomic E-state index is 17.0. The van der Waals surface area contributed by atoms with E-state index in [4.69, 9.17) is 26.1 Å². The minimum absolute atomic E-state index is 0.000825. The first kappa shape index (κ1) is 32.3. The molecule has 49 heavy (non-hydrogen) atoms. The van der Waals surface area contributed by atoms with Crippen LogP contribution >= 0.6 is 11.6 Å². The normalized spacial score (nSPS) is 25.4. The average Bonchev–Trinajstić information content (AvgIpc) is 3.66. The number of amides is 1. The van der Waals surface area contributed by atoms with Gasteiger partial charge >= 0.3 is 12.1 Å². The maximum Gasteiger partial charge on any atom is 0.410 e. The fraction of sp³-hybridized carbons (Fsp3) is 0.486. The van der Waals surface area contributed by atoms with Crippen molar-refractivity contribution in [2.45, 2.75) is 82.3 Å². The van der Waals surface area contributed by atoms with Crippen LogP contribution in [-0.2, 0) is 4.74 Å². The van der Waals surface area contributed by atoms with Crippen LogP contribution in [0.15, 0.2) is 42.5 Å². The molecule has 0 radical (unpaired) electrons. The lowest BCUT2D eigenvalue weighted by molar-refractivity contribution is 0.0122. The highest BCUT2D eigenvalue weighted by Crippen LogP contribution is 2.45. The Bertz CT molecular complexity index is 1960. The molecule has 1 aromatic heterocycles. The first-order valence-electron chi connectivity index (χ1n) is 17.1. The van der Waals surface area contributed by atoms with Gasteiger partial charge in [-0.15, -0.1) is 0 Å². The number of rotatable bonds is 5. The predicted octanol–water partition coefficient (Wildman–Crippen LogP) is 7.49. The molecule has 5 heterocycles. The second-order valence-electron chi connectivity index (χ2n) is 15.0. The van der Waals surface area contributed by atoms with Crippen molar-refractivity contribution >= 4 is 45.2 Å². The molecular formula is C37H40ClF2N5O4. The molecule has 4 aliphatic heterocycles. The van der Waals surface area contributed by atoms with E-state index in [9.17, 15) is 14.3 Å². The van der Waals surface area contributed by atoms with Crippen LogP contribution in [0.5, 0.6) is 11.8 Å². The number of halogens is 3. The van der Waals surface area contributed by atoms with Gasteiger partial charge in [0.2, 0.25) is 0 Å². The van der Waals surface area contributed by atoms with Gasteiger partial charge < -0.3 is 19.5 Å². The molecule has 4 aromatic rings. The maximum atomic E-state index is 17.0. The van der Waals surface area contributed by atoms with Crippen molar-refractivity contribution in [2.75, 3.05) is 37.7 Å². The van der Waals surface area contributed by atoms with Gasteiger partial charge in [-0.3, -0.25) is 9.80 Å². The first-order chi connectivity index (χ1) is 23.4. The average molecular weight is 692 g/mol. The zero-order chi connectivity index (χ0) is 34.2. The Labute approximate surface area is 288 Å². The van der Waals surface area contributed by atoms with Gasteiger partial charge in [0.1, 0.15) is 35.5 Å². The number of benzene rings is 3. The van der Waals surface area contributed by atoms with Crippen molar-refractivity contribution < 1.29 is 28.2 Å². The fourth-order valence-corrected chi connectivity index (χ4v) is 8.84. The van der Waals surface area contributed by atoms with Gasteiger partial charge in [0.05, 0.1) is 22.6 Å². The summed E-state index contributed by atoms with van der Waals surface area (Å²) in [6, 6.07) is 12.0. The smallest absolute Gasteiger partial charge is 0.410 e. The Hall–Kier alpha value is -3.96. The number of piperazine rings is 1. The Morgan fingerprint density at radius 3 is 2.59 bits per heavy atom. The Morgan fingerprint density at radius 2 is 1.84 bits per heavy atom. The molecule has 0 saturated carbocycles. The third kappa shape index (κ3) is 5.68. The molecule has 1 N–H and O–H groups in total. The van der Waals surface area contributed by atoms with Gasteiger partial charge in [-0.25, -0.2) is 13.6 Å². The van der Waals surface area contributed by atoms with E-state index in [0.29, 0.717) is 42.8 Å². The van der Waals surface area contributed by atoms with Crippen molar-refractivity contribution in [1.82, 2.24) is 19.8 Å². The summed E-state index contributed by atoms with van der Waals surface area (Å²) in [5.41, 5.74) is -0.481. The van der Waals surface area contributed by atoms with Crippen molar-refractivity contribution in [3.8, 4) is 22.9 Å². The lowest BCUT2D eigenvalue weighted by Gasteiger charge is -2.42. The summed E-state index contributed by atoms with van der Waals surface area (Å²) >= 11 is 6.93. The molecule has 1 amide bonds. The summed E-state index contributed by atoms with van der Waals surface area (Å²) in [4.78, 5) is 28.8. The van der Waals surface area contributed by atoms with Gasteiger partial charge in [-0.2, -0.15) is 9.97 Å². The number of phenols is 1. The second-order valence-corrected chi connectivity index (χ2v) is 15.4. The molecule has 4 fully saturated rings. The number of carbonyl (C=O) groups is 1. The molecule has 0 aliphatic carbocycles. The monoisotopic (exact) mass is 691 g/mol. The highest BCUT2D eigenvalue weighted by molar-refractivity contribution is 6.35. The number of alkyl halides is 1. The SMILES string of the molecule is CC(C)(C)OC(=O)N1C2CCC1CN(c1nc(OC[C@]34CCCN3C[C@@H](F)C4)nc3c(F)c(-c4cc(O)cc5ccccc45)c(Cl)cc13)C2. The number of hydrogen-bond acceptors (Lipinski definition) is 8. The summed E-state index contributed by atoms with van der Waals surface area (Å²) in [7, 11) is 0. The minimum atomic E-state index is -0.923. The number of aromatic nitrogens is 2. The molecule has 4 atom stereocenters. The van der Waals surface area contributed by atoms with E-state index in [-0.39, 0.29) is 52.6 Å². The molecule has 2 unspecified atom stereocenters. The van der Waals surface area contributed by atoms with E-state index in [0.717, 1.165) is 43.0 Å². The van der Waals surface area contributed by atoms with Crippen molar-refractivity contribution in [1.29, 1.82) is 0 Å². The van der Waals surface area contributed by atoms with Crippen molar-refractivity contribution in [3.05, 3.63) is 53.3 Å². The summed E-state index contributed by atoms with van der Waals surface area (Å²) in [5, 5.41) is 12.6. The Kier molecular flexibility index (Phi) is 7.79. The number of anilines is 1. The lowest BCUT2D eigenvalue weighted by Crippen LogP contribution is -2.57. The van der Waals surface area contributed by atoms with Crippen molar-refractivity contribution in [2.24, 2.45) is 0 Å². The predicted molar refractivity (Wildman–Crippen MR) is 185 cm³/mol. The lowest BCUT2D eigenvalue weighted by atomic mass is 9.95. The van der Waals surface area contributed by atoms with Gasteiger partial charge in [0.15, 0.2) is 5.82 Å².